The van der Waals surface area contributed by atoms with E-state index in [0.29, 0.717) is 6.54 Å². The second kappa shape index (κ2) is 5.80. The van der Waals surface area contributed by atoms with Gasteiger partial charge in [-0.15, -0.1) is 12.4 Å². The minimum atomic E-state index is -0.213. The maximum Gasteiger partial charge on any atom is 0.123 e. The topological polar surface area (TPSA) is 26.0 Å². The molecule has 0 radical (unpaired) electrons. The van der Waals surface area contributed by atoms with E-state index in [4.69, 9.17) is 5.73 Å². The Bertz CT molecular complexity index is 511. The van der Waals surface area contributed by atoms with Gasteiger partial charge in [-0.05, 0) is 41.3 Å². The summed E-state index contributed by atoms with van der Waals surface area (Å²) < 4.78 is 13.1. The lowest BCUT2D eigenvalue weighted by Gasteiger charge is -2.10. The van der Waals surface area contributed by atoms with Gasteiger partial charge in [-0.1, -0.05) is 30.3 Å². The molecular formula is C14H15ClFN. The fourth-order valence-corrected chi connectivity index (χ4v) is 1.87. The van der Waals surface area contributed by atoms with Crippen LogP contribution in [0.5, 0.6) is 0 Å². The van der Waals surface area contributed by atoms with Crippen molar-refractivity contribution in [3.8, 4) is 11.1 Å². The lowest BCUT2D eigenvalue weighted by molar-refractivity contribution is 0.628. The quantitative estimate of drug-likeness (QED) is 0.866. The molecule has 0 aliphatic rings. The molecule has 2 aromatic carbocycles. The molecule has 0 spiro atoms. The van der Waals surface area contributed by atoms with Crippen LogP contribution in [-0.4, -0.2) is 0 Å². The first-order valence-electron chi connectivity index (χ1n) is 5.27. The first-order valence-corrected chi connectivity index (χ1v) is 5.27. The van der Waals surface area contributed by atoms with Gasteiger partial charge in [0.1, 0.15) is 5.82 Å². The summed E-state index contributed by atoms with van der Waals surface area (Å²) in [7, 11) is 0. The van der Waals surface area contributed by atoms with Crippen LogP contribution in [0.15, 0.2) is 42.5 Å². The van der Waals surface area contributed by atoms with E-state index in [2.05, 4.69) is 0 Å². The third kappa shape index (κ3) is 2.84. The van der Waals surface area contributed by atoms with Gasteiger partial charge in [0.25, 0.3) is 0 Å². The number of hydrogen-bond acceptors (Lipinski definition) is 1. The van der Waals surface area contributed by atoms with E-state index in [9.17, 15) is 4.39 Å². The number of nitrogens with two attached hydrogens (primary N) is 1. The summed E-state index contributed by atoms with van der Waals surface area (Å²) in [5.74, 6) is -0.213. The van der Waals surface area contributed by atoms with Crippen molar-refractivity contribution >= 4 is 12.4 Å². The Morgan fingerprint density at radius 3 is 2.47 bits per heavy atom. The van der Waals surface area contributed by atoms with Gasteiger partial charge in [0.2, 0.25) is 0 Å². The SMILES string of the molecule is Cc1c(CN)cccc1-c1cccc(F)c1.Cl. The molecule has 2 rings (SSSR count). The number of benzene rings is 2. The predicted molar refractivity (Wildman–Crippen MR) is 71.7 cm³/mol. The lowest BCUT2D eigenvalue weighted by Crippen LogP contribution is -2.00. The zero-order valence-electron chi connectivity index (χ0n) is 9.61. The molecule has 0 heterocycles. The lowest BCUT2D eigenvalue weighted by atomic mass is 9.96. The van der Waals surface area contributed by atoms with Crippen LogP contribution in [0.3, 0.4) is 0 Å². The molecule has 0 unspecified atom stereocenters. The highest BCUT2D eigenvalue weighted by Gasteiger charge is 2.05. The Morgan fingerprint density at radius 1 is 1.12 bits per heavy atom. The summed E-state index contributed by atoms with van der Waals surface area (Å²) in [5, 5.41) is 0. The molecule has 2 aromatic rings. The number of hydrogen-bond donors (Lipinski definition) is 1. The summed E-state index contributed by atoms with van der Waals surface area (Å²) in [6.45, 7) is 2.53. The normalized spacial score (nSPS) is 9.82. The van der Waals surface area contributed by atoms with Gasteiger partial charge in [0.15, 0.2) is 0 Å². The van der Waals surface area contributed by atoms with Crippen LogP contribution in [0.4, 0.5) is 4.39 Å². The van der Waals surface area contributed by atoms with Crippen molar-refractivity contribution in [3.63, 3.8) is 0 Å². The summed E-state index contributed by atoms with van der Waals surface area (Å²) >= 11 is 0. The van der Waals surface area contributed by atoms with Gasteiger partial charge in [-0.3, -0.25) is 0 Å². The van der Waals surface area contributed by atoms with Crippen LogP contribution in [0.1, 0.15) is 11.1 Å². The summed E-state index contributed by atoms with van der Waals surface area (Å²) in [4.78, 5) is 0. The Hall–Kier alpha value is -1.38. The number of rotatable bonds is 2. The fourth-order valence-electron chi connectivity index (χ4n) is 1.87. The standard InChI is InChI=1S/C14H14FN.ClH/c1-10-12(9-16)5-3-7-14(10)11-4-2-6-13(15)8-11;/h2-8H,9,16H2,1H3;1H. The van der Waals surface area contributed by atoms with Gasteiger partial charge < -0.3 is 5.73 Å². The van der Waals surface area contributed by atoms with Crippen LogP contribution in [0, 0.1) is 12.7 Å². The largest absolute Gasteiger partial charge is 0.326 e. The fraction of sp³-hybridized carbons (Fsp3) is 0.143. The molecule has 0 amide bonds. The summed E-state index contributed by atoms with van der Waals surface area (Å²) in [6.07, 6.45) is 0. The first kappa shape index (κ1) is 13.7. The van der Waals surface area contributed by atoms with Crippen LogP contribution in [-0.2, 0) is 6.54 Å². The molecule has 0 bridgehead atoms. The highest BCUT2D eigenvalue weighted by molar-refractivity contribution is 5.85. The van der Waals surface area contributed by atoms with E-state index < -0.39 is 0 Å². The maximum atomic E-state index is 13.1. The molecule has 90 valence electrons. The molecule has 0 saturated carbocycles. The Kier molecular flexibility index (Phi) is 4.67. The van der Waals surface area contributed by atoms with E-state index in [1.54, 1.807) is 12.1 Å². The number of halogens is 2. The monoisotopic (exact) mass is 251 g/mol. The highest BCUT2D eigenvalue weighted by atomic mass is 35.5. The minimum absolute atomic E-state index is 0. The van der Waals surface area contributed by atoms with Crippen molar-refractivity contribution < 1.29 is 4.39 Å². The van der Waals surface area contributed by atoms with E-state index in [1.165, 1.54) is 6.07 Å². The van der Waals surface area contributed by atoms with E-state index in [-0.39, 0.29) is 18.2 Å². The van der Waals surface area contributed by atoms with Crippen LogP contribution in [0.25, 0.3) is 11.1 Å². The third-order valence-corrected chi connectivity index (χ3v) is 2.80. The Labute approximate surface area is 107 Å². The molecule has 0 aromatic heterocycles. The highest BCUT2D eigenvalue weighted by Crippen LogP contribution is 2.25. The van der Waals surface area contributed by atoms with Crippen molar-refractivity contribution in [2.45, 2.75) is 13.5 Å². The smallest absolute Gasteiger partial charge is 0.123 e. The molecule has 0 fully saturated rings. The molecule has 3 heteroatoms. The summed E-state index contributed by atoms with van der Waals surface area (Å²) in [6, 6.07) is 12.6. The maximum absolute atomic E-state index is 13.1. The van der Waals surface area contributed by atoms with Crippen molar-refractivity contribution in [2.75, 3.05) is 0 Å². The van der Waals surface area contributed by atoms with Crippen molar-refractivity contribution in [3.05, 3.63) is 59.4 Å². The zero-order valence-corrected chi connectivity index (χ0v) is 10.4. The molecule has 1 nitrogen and oxygen atoms in total. The van der Waals surface area contributed by atoms with Gasteiger partial charge in [-0.2, -0.15) is 0 Å². The second-order valence-electron chi connectivity index (χ2n) is 3.80. The van der Waals surface area contributed by atoms with E-state index >= 15 is 0 Å². The van der Waals surface area contributed by atoms with Crippen LogP contribution >= 0.6 is 12.4 Å². The Morgan fingerprint density at radius 2 is 1.82 bits per heavy atom. The molecule has 0 atom stereocenters. The van der Waals surface area contributed by atoms with Gasteiger partial charge in [-0.25, -0.2) is 4.39 Å². The third-order valence-electron chi connectivity index (χ3n) is 2.80. The predicted octanol–water partition coefficient (Wildman–Crippen LogP) is 3.68. The average molecular weight is 252 g/mol. The van der Waals surface area contributed by atoms with Crippen molar-refractivity contribution in [2.24, 2.45) is 5.73 Å². The summed E-state index contributed by atoms with van der Waals surface area (Å²) in [5.41, 5.74) is 9.81. The van der Waals surface area contributed by atoms with E-state index in [0.717, 1.165) is 22.3 Å². The van der Waals surface area contributed by atoms with Gasteiger partial charge in [0, 0.05) is 6.54 Å². The molecule has 0 saturated heterocycles. The second-order valence-corrected chi connectivity index (χ2v) is 3.80. The van der Waals surface area contributed by atoms with Gasteiger partial charge >= 0.3 is 0 Å². The molecule has 2 N–H and O–H groups in total. The van der Waals surface area contributed by atoms with Gasteiger partial charge in [0.05, 0.1) is 0 Å². The van der Waals surface area contributed by atoms with Crippen molar-refractivity contribution in [1.82, 2.24) is 0 Å². The average Bonchev–Trinajstić information content (AvgIpc) is 2.29. The minimum Gasteiger partial charge on any atom is -0.326 e. The van der Waals surface area contributed by atoms with E-state index in [1.807, 2.05) is 31.2 Å². The molecular weight excluding hydrogens is 237 g/mol. The van der Waals surface area contributed by atoms with Crippen LogP contribution in [0.2, 0.25) is 0 Å². The van der Waals surface area contributed by atoms with Crippen LogP contribution < -0.4 is 5.73 Å². The Balaban J connectivity index is 0.00000144. The van der Waals surface area contributed by atoms with Crippen molar-refractivity contribution in [1.29, 1.82) is 0 Å². The zero-order chi connectivity index (χ0) is 11.5. The molecule has 0 aliphatic carbocycles. The molecule has 17 heavy (non-hydrogen) atoms. The first-order chi connectivity index (χ1) is 7.72. The molecule has 0 aliphatic heterocycles.